The summed E-state index contributed by atoms with van der Waals surface area (Å²) in [5, 5.41) is 22.3. The average Bonchev–Trinajstić information content (AvgIpc) is 2.68. The molecule has 2 atom stereocenters. The third-order valence-corrected chi connectivity index (χ3v) is 5.51. The molecule has 1 aromatic heterocycles. The van der Waals surface area contributed by atoms with E-state index in [1.807, 2.05) is 6.07 Å². The summed E-state index contributed by atoms with van der Waals surface area (Å²) in [6, 6.07) is 5.35. The summed E-state index contributed by atoms with van der Waals surface area (Å²) >= 11 is 0. The van der Waals surface area contributed by atoms with Gasteiger partial charge in [0.25, 0.3) is 0 Å². The van der Waals surface area contributed by atoms with Crippen molar-refractivity contribution >= 4 is 11.0 Å². The van der Waals surface area contributed by atoms with Gasteiger partial charge >= 0.3 is 5.63 Å². The lowest BCUT2D eigenvalue weighted by Crippen LogP contribution is -2.42. The Hall–Kier alpha value is -1.73. The number of aliphatic hydroxyl groups is 2. The van der Waals surface area contributed by atoms with Crippen molar-refractivity contribution in [1.82, 2.24) is 4.90 Å². The van der Waals surface area contributed by atoms with Crippen LogP contribution in [0.1, 0.15) is 35.6 Å². The highest BCUT2D eigenvalue weighted by molar-refractivity contribution is 5.85. The molecule has 2 aromatic rings. The largest absolute Gasteiger partial charge is 0.422 e. The second-order valence-electron chi connectivity index (χ2n) is 7.20. The van der Waals surface area contributed by atoms with Crippen molar-refractivity contribution < 1.29 is 19.4 Å². The minimum Gasteiger partial charge on any atom is -0.422 e. The van der Waals surface area contributed by atoms with Crippen molar-refractivity contribution in [2.24, 2.45) is 0 Å². The molecule has 6 nitrogen and oxygen atoms in total. The summed E-state index contributed by atoms with van der Waals surface area (Å²) in [7, 11) is 0. The molecule has 2 aliphatic rings. The molecule has 0 radical (unpaired) electrons. The second kappa shape index (κ2) is 7.48. The van der Waals surface area contributed by atoms with Gasteiger partial charge in [0.2, 0.25) is 0 Å². The first kappa shape index (κ1) is 17.7. The van der Waals surface area contributed by atoms with Gasteiger partial charge in [0, 0.05) is 30.6 Å². The van der Waals surface area contributed by atoms with E-state index in [4.69, 9.17) is 9.15 Å². The maximum Gasteiger partial charge on any atom is 0.339 e. The van der Waals surface area contributed by atoms with Crippen LogP contribution in [0.2, 0.25) is 0 Å². The molecule has 4 rings (SSSR count). The Morgan fingerprint density at radius 3 is 2.58 bits per heavy atom. The van der Waals surface area contributed by atoms with Crippen LogP contribution in [0.25, 0.3) is 11.0 Å². The monoisotopic (exact) mass is 359 g/mol. The van der Waals surface area contributed by atoms with E-state index in [0.717, 1.165) is 48.9 Å². The maximum atomic E-state index is 12.3. The van der Waals surface area contributed by atoms with Crippen LogP contribution in [0.4, 0.5) is 0 Å². The molecule has 2 N–H and O–H groups in total. The Kier molecular flexibility index (Phi) is 5.09. The highest BCUT2D eigenvalue weighted by atomic mass is 16.5. The molecular formula is C20H25NO5. The highest BCUT2D eigenvalue weighted by Gasteiger charge is 2.27. The molecule has 2 heterocycles. The van der Waals surface area contributed by atoms with Crippen molar-refractivity contribution in [2.45, 2.75) is 37.9 Å². The fraction of sp³-hybridized carbons (Fsp3) is 0.550. The van der Waals surface area contributed by atoms with Gasteiger partial charge in [-0.15, -0.1) is 0 Å². The van der Waals surface area contributed by atoms with Crippen molar-refractivity contribution in [1.29, 1.82) is 0 Å². The molecule has 6 heteroatoms. The number of hydrogen-bond donors (Lipinski definition) is 2. The number of morpholine rings is 1. The molecule has 26 heavy (non-hydrogen) atoms. The molecule has 1 saturated heterocycles. The van der Waals surface area contributed by atoms with Crippen LogP contribution in [0.5, 0.6) is 0 Å². The topological polar surface area (TPSA) is 83.1 Å². The van der Waals surface area contributed by atoms with Crippen LogP contribution < -0.4 is 5.63 Å². The van der Waals surface area contributed by atoms with Gasteiger partial charge in [0.05, 0.1) is 19.3 Å². The molecule has 2 unspecified atom stereocenters. The van der Waals surface area contributed by atoms with Crippen molar-refractivity contribution in [3.8, 4) is 0 Å². The summed E-state index contributed by atoms with van der Waals surface area (Å²) < 4.78 is 10.8. The van der Waals surface area contributed by atoms with Crippen LogP contribution in [-0.2, 0) is 17.6 Å². The summed E-state index contributed by atoms with van der Waals surface area (Å²) in [5.74, 6) is 0. The second-order valence-corrected chi connectivity index (χ2v) is 7.20. The number of benzene rings is 1. The molecule has 0 saturated carbocycles. The van der Waals surface area contributed by atoms with Gasteiger partial charge in [-0.1, -0.05) is 12.1 Å². The molecule has 0 spiro atoms. The first-order valence-corrected chi connectivity index (χ1v) is 9.39. The van der Waals surface area contributed by atoms with Crippen molar-refractivity contribution in [2.75, 3.05) is 32.8 Å². The van der Waals surface area contributed by atoms with E-state index < -0.39 is 12.2 Å². The van der Waals surface area contributed by atoms with Gasteiger partial charge in [-0.05, 0) is 42.9 Å². The molecule has 1 fully saturated rings. The van der Waals surface area contributed by atoms with E-state index in [0.29, 0.717) is 37.3 Å². The number of ether oxygens (including phenoxy) is 1. The summed E-state index contributed by atoms with van der Waals surface area (Å²) in [5.41, 5.74) is 2.57. The predicted octanol–water partition coefficient (Wildman–Crippen LogP) is 1.40. The Morgan fingerprint density at radius 2 is 1.81 bits per heavy atom. The van der Waals surface area contributed by atoms with Crippen LogP contribution >= 0.6 is 0 Å². The number of hydrogen-bond acceptors (Lipinski definition) is 6. The Balaban J connectivity index is 1.70. The van der Waals surface area contributed by atoms with E-state index >= 15 is 0 Å². The predicted molar refractivity (Wildman–Crippen MR) is 97.4 cm³/mol. The number of nitrogens with zero attached hydrogens (tertiary/aromatic N) is 1. The van der Waals surface area contributed by atoms with Gasteiger partial charge in [-0.2, -0.15) is 0 Å². The van der Waals surface area contributed by atoms with Crippen molar-refractivity contribution in [3.63, 3.8) is 0 Å². The number of rotatable bonds is 4. The first-order chi connectivity index (χ1) is 12.6. The summed E-state index contributed by atoms with van der Waals surface area (Å²) in [4.78, 5) is 14.4. The van der Waals surface area contributed by atoms with E-state index in [9.17, 15) is 15.0 Å². The maximum absolute atomic E-state index is 12.3. The van der Waals surface area contributed by atoms with Gasteiger partial charge in [0.1, 0.15) is 11.7 Å². The number of fused-ring (bicyclic) bond motifs is 3. The lowest BCUT2D eigenvalue weighted by Gasteiger charge is -2.30. The standard InChI is InChI=1S/C20H25NO5/c22-16(12-21-8-10-25-11-9-21)19(23)15-6-3-7-17-18(15)13-4-1-2-5-14(13)20(24)26-17/h3,6-7,16,19,22-23H,1-2,4-5,8-12H2. The Morgan fingerprint density at radius 1 is 1.08 bits per heavy atom. The Labute approximate surface area is 152 Å². The highest BCUT2D eigenvalue weighted by Crippen LogP contribution is 2.33. The van der Waals surface area contributed by atoms with Crippen LogP contribution in [0.3, 0.4) is 0 Å². The van der Waals surface area contributed by atoms with Gasteiger partial charge < -0.3 is 19.4 Å². The fourth-order valence-electron chi connectivity index (χ4n) is 4.13. The lowest BCUT2D eigenvalue weighted by atomic mass is 9.87. The molecule has 140 valence electrons. The first-order valence-electron chi connectivity index (χ1n) is 9.39. The van der Waals surface area contributed by atoms with Gasteiger partial charge in [-0.25, -0.2) is 4.79 Å². The SMILES string of the molecule is O=c1oc2cccc(C(O)C(O)CN3CCOCC3)c2c2c1CCCC2. The Bertz CT molecular complexity index is 840. The molecule has 1 aromatic carbocycles. The number of aryl methyl sites for hydroxylation is 1. The molecule has 1 aliphatic carbocycles. The fourth-order valence-corrected chi connectivity index (χ4v) is 4.13. The van der Waals surface area contributed by atoms with Crippen molar-refractivity contribution in [3.05, 3.63) is 45.3 Å². The zero-order valence-electron chi connectivity index (χ0n) is 14.8. The normalized spacial score (nSPS) is 20.7. The summed E-state index contributed by atoms with van der Waals surface area (Å²) in [6.07, 6.45) is 1.58. The van der Waals surface area contributed by atoms with Crippen LogP contribution in [0.15, 0.2) is 27.4 Å². The van der Waals surface area contributed by atoms with Crippen LogP contribution in [-0.4, -0.2) is 54.1 Å². The van der Waals surface area contributed by atoms with Gasteiger partial charge in [-0.3, -0.25) is 4.90 Å². The van der Waals surface area contributed by atoms with E-state index in [-0.39, 0.29) is 5.63 Å². The minimum absolute atomic E-state index is 0.271. The quantitative estimate of drug-likeness (QED) is 0.803. The lowest BCUT2D eigenvalue weighted by molar-refractivity contribution is -0.0288. The smallest absolute Gasteiger partial charge is 0.339 e. The number of aliphatic hydroxyl groups excluding tert-OH is 2. The third kappa shape index (κ3) is 3.30. The van der Waals surface area contributed by atoms with E-state index in [2.05, 4.69) is 4.90 Å². The van der Waals surface area contributed by atoms with E-state index in [1.165, 1.54) is 0 Å². The third-order valence-electron chi connectivity index (χ3n) is 5.51. The van der Waals surface area contributed by atoms with Gasteiger partial charge in [0.15, 0.2) is 0 Å². The zero-order chi connectivity index (χ0) is 18.1. The molecular weight excluding hydrogens is 334 g/mol. The van der Waals surface area contributed by atoms with Crippen LogP contribution in [0, 0.1) is 0 Å². The average molecular weight is 359 g/mol. The molecule has 0 amide bonds. The minimum atomic E-state index is -1.03. The zero-order valence-corrected chi connectivity index (χ0v) is 14.8. The molecule has 0 bridgehead atoms. The summed E-state index contributed by atoms with van der Waals surface area (Å²) in [6.45, 7) is 3.19. The molecule has 1 aliphatic heterocycles. The van der Waals surface area contributed by atoms with E-state index in [1.54, 1.807) is 12.1 Å². The number of β-amino-alcohol motifs (C(OH)–C–C–N with tert-alkyl or cyclic N) is 1.